The van der Waals surface area contributed by atoms with E-state index in [-0.39, 0.29) is 17.0 Å². The molecule has 0 aliphatic heterocycles. The Morgan fingerprint density at radius 2 is 1.69 bits per heavy atom. The van der Waals surface area contributed by atoms with Crippen LogP contribution in [0.3, 0.4) is 0 Å². The second kappa shape index (κ2) is 8.22. The summed E-state index contributed by atoms with van der Waals surface area (Å²) in [6, 6.07) is 15.6. The highest BCUT2D eigenvalue weighted by molar-refractivity contribution is 5.76. The van der Waals surface area contributed by atoms with Crippen LogP contribution in [0.4, 0.5) is 13.2 Å². The van der Waals surface area contributed by atoms with Gasteiger partial charge < -0.3 is 14.6 Å². The van der Waals surface area contributed by atoms with Gasteiger partial charge in [0.1, 0.15) is 28.2 Å². The first kappa shape index (κ1) is 21.2. The number of carboxylic acid groups (broad SMARTS) is 1. The normalized spacial score (nSPS) is 12.5. The predicted octanol–water partition coefficient (Wildman–Crippen LogP) is 4.65. The molecule has 0 amide bonds. The van der Waals surface area contributed by atoms with Gasteiger partial charge in [0.2, 0.25) is 6.10 Å². The Hall–Kier alpha value is -4.08. The zero-order valence-electron chi connectivity index (χ0n) is 16.6. The molecule has 0 bridgehead atoms. The van der Waals surface area contributed by atoms with Gasteiger partial charge in [-0.1, -0.05) is 24.3 Å². The van der Waals surface area contributed by atoms with Crippen molar-refractivity contribution in [1.29, 1.82) is 0 Å². The van der Waals surface area contributed by atoms with Gasteiger partial charge in [-0.25, -0.2) is 4.79 Å². The van der Waals surface area contributed by atoms with Crippen LogP contribution in [0.25, 0.3) is 16.7 Å². The molecule has 0 saturated carbocycles. The Bertz CT molecular complexity index is 1250. The smallest absolute Gasteiger partial charge is 0.416 e. The average Bonchev–Trinajstić information content (AvgIpc) is 3.21. The van der Waals surface area contributed by atoms with Crippen molar-refractivity contribution in [3.05, 3.63) is 77.9 Å². The molecule has 1 heterocycles. The van der Waals surface area contributed by atoms with Crippen LogP contribution in [0.2, 0.25) is 0 Å². The molecule has 0 aliphatic carbocycles. The molecule has 10 heteroatoms. The number of halogens is 3. The number of aromatic nitrogens is 3. The number of fused-ring (bicyclic) bond motifs is 1. The molecule has 0 fully saturated rings. The Labute approximate surface area is 179 Å². The number of hydrogen-bond acceptors (Lipinski definition) is 5. The Morgan fingerprint density at radius 3 is 2.28 bits per heavy atom. The molecule has 7 nitrogen and oxygen atoms in total. The minimum Gasteiger partial charge on any atom is -0.497 e. The van der Waals surface area contributed by atoms with Crippen molar-refractivity contribution >= 4 is 17.0 Å². The van der Waals surface area contributed by atoms with E-state index >= 15 is 0 Å². The molecule has 0 saturated heterocycles. The fourth-order valence-electron chi connectivity index (χ4n) is 3.11. The molecule has 1 atom stereocenters. The van der Waals surface area contributed by atoms with Gasteiger partial charge in [-0.2, -0.15) is 13.2 Å². The minimum atomic E-state index is -4.62. The second-order valence-corrected chi connectivity index (χ2v) is 6.77. The highest BCUT2D eigenvalue weighted by Gasteiger charge is 2.32. The van der Waals surface area contributed by atoms with Crippen molar-refractivity contribution < 1.29 is 32.5 Å². The third kappa shape index (κ3) is 4.20. The van der Waals surface area contributed by atoms with Crippen molar-refractivity contribution in [3.8, 4) is 17.2 Å². The van der Waals surface area contributed by atoms with Gasteiger partial charge in [0, 0.05) is 11.6 Å². The number of hydrogen-bond donors (Lipinski definition) is 1. The third-order valence-corrected chi connectivity index (χ3v) is 4.65. The van der Waals surface area contributed by atoms with E-state index in [1.54, 1.807) is 30.3 Å². The number of alkyl halides is 3. The van der Waals surface area contributed by atoms with Crippen molar-refractivity contribution in [2.24, 2.45) is 0 Å². The maximum absolute atomic E-state index is 13.1. The zero-order chi connectivity index (χ0) is 22.9. The van der Waals surface area contributed by atoms with Crippen LogP contribution in [0.5, 0.6) is 11.5 Å². The van der Waals surface area contributed by atoms with E-state index in [4.69, 9.17) is 9.47 Å². The number of rotatable bonds is 6. The Kier molecular flexibility index (Phi) is 5.43. The van der Waals surface area contributed by atoms with Gasteiger partial charge >= 0.3 is 12.1 Å². The van der Waals surface area contributed by atoms with Crippen molar-refractivity contribution in [1.82, 2.24) is 15.0 Å². The lowest BCUT2D eigenvalue weighted by atomic mass is 10.1. The van der Waals surface area contributed by atoms with E-state index in [0.29, 0.717) is 16.8 Å². The summed E-state index contributed by atoms with van der Waals surface area (Å²) in [5.41, 5.74) is 0.314. The van der Waals surface area contributed by atoms with Crippen molar-refractivity contribution in [2.75, 3.05) is 7.11 Å². The predicted molar refractivity (Wildman–Crippen MR) is 108 cm³/mol. The molecule has 4 rings (SSSR count). The summed E-state index contributed by atoms with van der Waals surface area (Å²) >= 11 is 0. The highest BCUT2D eigenvalue weighted by Crippen LogP contribution is 2.34. The molecule has 0 radical (unpaired) electrons. The number of carbonyl (C=O) groups is 1. The van der Waals surface area contributed by atoms with E-state index < -0.39 is 23.8 Å². The molecular weight excluding hydrogens is 427 g/mol. The first-order chi connectivity index (χ1) is 15.3. The van der Waals surface area contributed by atoms with E-state index in [0.717, 1.165) is 18.2 Å². The monoisotopic (exact) mass is 443 g/mol. The van der Waals surface area contributed by atoms with Gasteiger partial charge in [0.05, 0.1) is 12.7 Å². The first-order valence-corrected chi connectivity index (χ1v) is 9.33. The average molecular weight is 443 g/mol. The van der Waals surface area contributed by atoms with Gasteiger partial charge in [-0.15, -0.1) is 15.0 Å². The van der Waals surface area contributed by atoms with Gasteiger partial charge in [0.25, 0.3) is 0 Å². The number of benzene rings is 3. The molecule has 3 aromatic carbocycles. The summed E-state index contributed by atoms with van der Waals surface area (Å²) in [5, 5.41) is 18.4. The largest absolute Gasteiger partial charge is 0.497 e. The van der Waals surface area contributed by atoms with E-state index in [1.165, 1.54) is 30.1 Å². The number of methoxy groups -OCH3 is 1. The highest BCUT2D eigenvalue weighted by atomic mass is 19.4. The van der Waals surface area contributed by atoms with E-state index in [1.807, 2.05) is 0 Å². The molecule has 0 spiro atoms. The fourth-order valence-corrected chi connectivity index (χ4v) is 3.11. The minimum absolute atomic E-state index is 0.0518. The molecule has 4 aromatic rings. The molecular formula is C22H16F3N3O4. The first-order valence-electron chi connectivity index (χ1n) is 9.33. The van der Waals surface area contributed by atoms with E-state index in [2.05, 4.69) is 10.2 Å². The summed E-state index contributed by atoms with van der Waals surface area (Å²) in [6.45, 7) is 0. The third-order valence-electron chi connectivity index (χ3n) is 4.65. The van der Waals surface area contributed by atoms with Crippen LogP contribution in [0, 0.1) is 0 Å². The Morgan fingerprint density at radius 1 is 1.00 bits per heavy atom. The van der Waals surface area contributed by atoms with Crippen LogP contribution >= 0.6 is 0 Å². The van der Waals surface area contributed by atoms with Crippen LogP contribution in [-0.4, -0.2) is 33.2 Å². The van der Waals surface area contributed by atoms with Crippen LogP contribution < -0.4 is 9.47 Å². The number of aliphatic carboxylic acids is 1. The topological polar surface area (TPSA) is 86.5 Å². The molecule has 1 aromatic heterocycles. The van der Waals surface area contributed by atoms with Crippen LogP contribution in [0.15, 0.2) is 66.7 Å². The lowest BCUT2D eigenvalue weighted by Gasteiger charge is -2.19. The zero-order valence-corrected chi connectivity index (χ0v) is 16.6. The lowest BCUT2D eigenvalue weighted by Crippen LogP contribution is -2.20. The molecule has 0 aliphatic rings. The summed E-state index contributed by atoms with van der Waals surface area (Å²) < 4.78 is 50.2. The molecule has 1 unspecified atom stereocenters. The number of carboxylic acids is 1. The quantitative estimate of drug-likeness (QED) is 0.467. The fraction of sp³-hybridized carbons (Fsp3) is 0.136. The summed E-state index contributed by atoms with van der Waals surface area (Å²) in [7, 11) is 1.45. The molecule has 164 valence electrons. The van der Waals surface area contributed by atoms with Gasteiger partial charge in [-0.3, -0.25) is 0 Å². The molecule has 32 heavy (non-hydrogen) atoms. The van der Waals surface area contributed by atoms with Crippen LogP contribution in [0.1, 0.15) is 17.2 Å². The SMILES string of the molecule is COc1ccc(OC(C(=O)O)c2cccc(C(F)(F)F)c2)c(-n2nc3ccccc3n2)c1. The van der Waals surface area contributed by atoms with E-state index in [9.17, 15) is 23.1 Å². The summed E-state index contributed by atoms with van der Waals surface area (Å²) in [6.07, 6.45) is -6.32. The molecule has 1 N–H and O–H groups in total. The van der Waals surface area contributed by atoms with Crippen molar-refractivity contribution in [2.45, 2.75) is 12.3 Å². The lowest BCUT2D eigenvalue weighted by molar-refractivity contribution is -0.146. The maximum Gasteiger partial charge on any atom is 0.416 e. The summed E-state index contributed by atoms with van der Waals surface area (Å²) in [5.74, 6) is -0.972. The maximum atomic E-state index is 13.1. The van der Waals surface area contributed by atoms with Crippen LogP contribution in [-0.2, 0) is 11.0 Å². The number of ether oxygens (including phenoxy) is 2. The van der Waals surface area contributed by atoms with Gasteiger partial charge in [0.15, 0.2) is 0 Å². The van der Waals surface area contributed by atoms with Crippen molar-refractivity contribution in [3.63, 3.8) is 0 Å². The standard InChI is InChI=1S/C22H16F3N3O4/c1-31-15-9-10-19(18(12-15)28-26-16-7-2-3-8-17(16)27-28)32-20(21(29)30)13-5-4-6-14(11-13)22(23,24)25/h2-12,20H,1H3,(H,29,30). The second-order valence-electron chi connectivity index (χ2n) is 6.77. The van der Waals surface area contributed by atoms with Gasteiger partial charge in [-0.05, 0) is 36.4 Å². The number of nitrogens with zero attached hydrogens (tertiary/aromatic N) is 3. The summed E-state index contributed by atoms with van der Waals surface area (Å²) in [4.78, 5) is 13.2. The Balaban J connectivity index is 1.78.